The highest BCUT2D eigenvalue weighted by molar-refractivity contribution is 7.80. The van der Waals surface area contributed by atoms with Crippen LogP contribution in [0.2, 0.25) is 0 Å². The normalized spacial score (nSPS) is 23.7. The van der Waals surface area contributed by atoms with Crippen LogP contribution in [-0.2, 0) is 49.4 Å². The minimum Gasteiger partial charge on any atom is -0.463 e. The minimum absolute atomic E-state index is 0.157. The number of esters is 4. The van der Waals surface area contributed by atoms with Crippen LogP contribution in [0.3, 0.4) is 0 Å². The average Bonchev–Trinajstić information content (AvgIpc) is 2.75. The number of benzene rings is 1. The molecular formula is C22H28N2O9S. The lowest BCUT2D eigenvalue weighted by Gasteiger charge is -2.44. The fourth-order valence-corrected chi connectivity index (χ4v) is 3.49. The Labute approximate surface area is 202 Å². The monoisotopic (exact) mass is 496 g/mol. The summed E-state index contributed by atoms with van der Waals surface area (Å²) in [7, 11) is 0. The van der Waals surface area contributed by atoms with Crippen LogP contribution in [0, 0.1) is 0 Å². The van der Waals surface area contributed by atoms with Crippen molar-refractivity contribution in [3.05, 3.63) is 35.9 Å². The molecule has 1 saturated heterocycles. The van der Waals surface area contributed by atoms with Gasteiger partial charge in [0.2, 0.25) is 0 Å². The standard InChI is InChI=1S/C22H28N2O9S/c1-12(25)29-11-17-18(30-13(2)26)19(31-14(3)27)20(32-15(4)28)21(33-17)24-22(34)23-10-16-8-6-5-7-9-16/h5-9,17-21H,10-11H2,1-4H3,(H2,23,24,34)/t17-,18-,19+,20+,21+/m1/s1. The topological polar surface area (TPSA) is 138 Å². The zero-order valence-corrected chi connectivity index (χ0v) is 20.1. The van der Waals surface area contributed by atoms with E-state index in [1.165, 1.54) is 13.8 Å². The van der Waals surface area contributed by atoms with Crippen molar-refractivity contribution in [3.8, 4) is 0 Å². The Morgan fingerprint density at radius 2 is 1.41 bits per heavy atom. The van der Waals surface area contributed by atoms with E-state index in [0.717, 1.165) is 19.4 Å². The Kier molecular flexibility index (Phi) is 10.2. The number of ether oxygens (including phenoxy) is 5. The summed E-state index contributed by atoms with van der Waals surface area (Å²) < 4.78 is 27.1. The van der Waals surface area contributed by atoms with E-state index in [1.807, 2.05) is 30.3 Å². The van der Waals surface area contributed by atoms with Crippen LogP contribution in [0.15, 0.2) is 30.3 Å². The van der Waals surface area contributed by atoms with Crippen molar-refractivity contribution in [1.29, 1.82) is 0 Å². The van der Waals surface area contributed by atoms with Crippen molar-refractivity contribution in [2.45, 2.75) is 64.9 Å². The van der Waals surface area contributed by atoms with Gasteiger partial charge in [0.05, 0.1) is 0 Å². The minimum atomic E-state index is -1.27. The van der Waals surface area contributed by atoms with E-state index in [9.17, 15) is 19.2 Å². The van der Waals surface area contributed by atoms with Gasteiger partial charge in [-0.1, -0.05) is 30.3 Å². The van der Waals surface area contributed by atoms with E-state index in [-0.39, 0.29) is 11.7 Å². The third-order valence-corrected chi connectivity index (χ3v) is 4.82. The van der Waals surface area contributed by atoms with Gasteiger partial charge in [0, 0.05) is 34.2 Å². The van der Waals surface area contributed by atoms with Crippen molar-refractivity contribution in [2.24, 2.45) is 0 Å². The number of thiocarbonyl (C=S) groups is 1. The van der Waals surface area contributed by atoms with Gasteiger partial charge in [-0.3, -0.25) is 19.2 Å². The second-order valence-corrected chi connectivity index (χ2v) is 7.84. The summed E-state index contributed by atoms with van der Waals surface area (Å²) in [5, 5.41) is 6.05. The summed E-state index contributed by atoms with van der Waals surface area (Å²) in [6, 6.07) is 9.46. The van der Waals surface area contributed by atoms with Gasteiger partial charge in [-0.2, -0.15) is 0 Å². The molecule has 0 aliphatic carbocycles. The largest absolute Gasteiger partial charge is 0.463 e. The number of nitrogens with one attached hydrogen (secondary N) is 2. The Balaban J connectivity index is 2.29. The quantitative estimate of drug-likeness (QED) is 0.298. The fraction of sp³-hybridized carbons (Fsp3) is 0.500. The third kappa shape index (κ3) is 8.60. The van der Waals surface area contributed by atoms with Gasteiger partial charge in [0.25, 0.3) is 0 Å². The lowest BCUT2D eigenvalue weighted by Crippen LogP contribution is -2.66. The molecule has 0 aromatic heterocycles. The Morgan fingerprint density at radius 1 is 0.853 bits per heavy atom. The maximum Gasteiger partial charge on any atom is 0.303 e. The van der Waals surface area contributed by atoms with Gasteiger partial charge in [0.15, 0.2) is 29.7 Å². The SMILES string of the molecule is CC(=O)OC[C@H]1O[C@H](NC(=S)NCc2ccccc2)[C@@H](OC(C)=O)[C@@H](OC(C)=O)[C@@H]1OC(C)=O. The zero-order chi connectivity index (χ0) is 25.3. The predicted molar refractivity (Wildman–Crippen MR) is 121 cm³/mol. The molecule has 1 heterocycles. The van der Waals surface area contributed by atoms with Crippen molar-refractivity contribution in [3.63, 3.8) is 0 Å². The van der Waals surface area contributed by atoms with Crippen LogP contribution in [0.1, 0.15) is 33.3 Å². The summed E-state index contributed by atoms with van der Waals surface area (Å²) in [5.74, 6) is -2.70. The van der Waals surface area contributed by atoms with Crippen LogP contribution in [0.4, 0.5) is 0 Å². The Hall–Kier alpha value is -3.25. The molecule has 186 valence electrons. The number of rotatable bonds is 8. The highest BCUT2D eigenvalue weighted by Gasteiger charge is 2.52. The average molecular weight is 497 g/mol. The molecule has 1 aliphatic heterocycles. The fourth-order valence-electron chi connectivity index (χ4n) is 3.30. The van der Waals surface area contributed by atoms with Crippen molar-refractivity contribution in [1.82, 2.24) is 10.6 Å². The molecule has 1 fully saturated rings. The van der Waals surface area contributed by atoms with Crippen LogP contribution in [0.25, 0.3) is 0 Å². The first kappa shape index (κ1) is 27.0. The van der Waals surface area contributed by atoms with Crippen molar-refractivity contribution >= 4 is 41.2 Å². The maximum atomic E-state index is 11.8. The zero-order valence-electron chi connectivity index (χ0n) is 19.3. The molecule has 0 saturated carbocycles. The molecule has 1 aliphatic rings. The van der Waals surface area contributed by atoms with Crippen LogP contribution in [0.5, 0.6) is 0 Å². The van der Waals surface area contributed by atoms with Crippen LogP contribution >= 0.6 is 12.2 Å². The molecule has 1 aromatic rings. The first-order valence-electron chi connectivity index (χ1n) is 10.5. The second-order valence-electron chi connectivity index (χ2n) is 7.43. The van der Waals surface area contributed by atoms with Crippen molar-refractivity contribution < 1.29 is 42.9 Å². The number of hydrogen-bond donors (Lipinski definition) is 2. The second kappa shape index (κ2) is 12.8. The molecule has 2 rings (SSSR count). The number of hydrogen-bond acceptors (Lipinski definition) is 10. The Morgan fingerprint density at radius 3 is 1.97 bits per heavy atom. The summed E-state index contributed by atoms with van der Waals surface area (Å²) >= 11 is 5.35. The molecule has 0 amide bonds. The maximum absolute atomic E-state index is 11.8. The van der Waals surface area contributed by atoms with E-state index in [0.29, 0.717) is 6.54 Å². The smallest absolute Gasteiger partial charge is 0.303 e. The van der Waals surface area contributed by atoms with E-state index in [1.54, 1.807) is 0 Å². The van der Waals surface area contributed by atoms with Gasteiger partial charge in [-0.15, -0.1) is 0 Å². The van der Waals surface area contributed by atoms with E-state index in [2.05, 4.69) is 10.6 Å². The third-order valence-electron chi connectivity index (χ3n) is 4.56. The molecule has 0 bridgehead atoms. The van der Waals surface area contributed by atoms with E-state index < -0.39 is 54.5 Å². The molecule has 1 aromatic carbocycles. The van der Waals surface area contributed by atoms with Gasteiger partial charge in [-0.05, 0) is 17.8 Å². The van der Waals surface area contributed by atoms with Gasteiger partial charge < -0.3 is 34.3 Å². The highest BCUT2D eigenvalue weighted by atomic mass is 32.1. The summed E-state index contributed by atoms with van der Waals surface area (Å²) in [6.45, 7) is 4.76. The summed E-state index contributed by atoms with van der Waals surface area (Å²) in [5.41, 5.74) is 0.966. The molecule has 11 nitrogen and oxygen atoms in total. The lowest BCUT2D eigenvalue weighted by molar-refractivity contribution is -0.254. The molecule has 2 N–H and O–H groups in total. The molecule has 0 unspecified atom stereocenters. The first-order chi connectivity index (χ1) is 16.1. The van der Waals surface area contributed by atoms with E-state index >= 15 is 0 Å². The molecule has 34 heavy (non-hydrogen) atoms. The van der Waals surface area contributed by atoms with Gasteiger partial charge in [0.1, 0.15) is 12.7 Å². The highest BCUT2D eigenvalue weighted by Crippen LogP contribution is 2.28. The first-order valence-corrected chi connectivity index (χ1v) is 10.9. The van der Waals surface area contributed by atoms with Crippen LogP contribution < -0.4 is 10.6 Å². The van der Waals surface area contributed by atoms with Gasteiger partial charge >= 0.3 is 23.9 Å². The number of carbonyl (C=O) groups excluding carboxylic acids is 4. The molecule has 0 radical (unpaired) electrons. The van der Waals surface area contributed by atoms with Crippen LogP contribution in [-0.4, -0.2) is 66.2 Å². The predicted octanol–water partition coefficient (Wildman–Crippen LogP) is 0.734. The molecule has 5 atom stereocenters. The van der Waals surface area contributed by atoms with Crippen molar-refractivity contribution in [2.75, 3.05) is 6.61 Å². The number of carbonyl (C=O) groups is 4. The summed E-state index contributed by atoms with van der Waals surface area (Å²) in [4.78, 5) is 46.8. The summed E-state index contributed by atoms with van der Waals surface area (Å²) in [6.07, 6.45) is -5.92. The molecule has 12 heteroatoms. The van der Waals surface area contributed by atoms with E-state index in [4.69, 9.17) is 35.9 Å². The Bertz CT molecular complexity index is 896. The molecule has 0 spiro atoms. The lowest BCUT2D eigenvalue weighted by atomic mass is 9.97. The van der Waals surface area contributed by atoms with Gasteiger partial charge in [-0.25, -0.2) is 0 Å². The molecular weight excluding hydrogens is 468 g/mol.